The molecule has 29 heavy (non-hydrogen) atoms. The van der Waals surface area contributed by atoms with Crippen molar-refractivity contribution in [3.05, 3.63) is 52.3 Å². The van der Waals surface area contributed by atoms with Crippen molar-refractivity contribution >= 4 is 33.4 Å². The van der Waals surface area contributed by atoms with Crippen molar-refractivity contribution < 1.29 is 23.8 Å². The van der Waals surface area contributed by atoms with Gasteiger partial charge in [-0.3, -0.25) is 9.59 Å². The second-order valence-electron chi connectivity index (χ2n) is 6.45. The van der Waals surface area contributed by atoms with E-state index in [4.69, 9.17) is 14.2 Å². The molecule has 0 bridgehead atoms. The summed E-state index contributed by atoms with van der Waals surface area (Å²) in [4.78, 5) is 29.0. The summed E-state index contributed by atoms with van der Waals surface area (Å²) < 4.78 is 18.1. The molecule has 0 saturated heterocycles. The number of esters is 1. The van der Waals surface area contributed by atoms with Crippen LogP contribution in [0.1, 0.15) is 11.1 Å². The van der Waals surface area contributed by atoms with Crippen LogP contribution in [0.2, 0.25) is 0 Å². The van der Waals surface area contributed by atoms with Crippen LogP contribution in [0.5, 0.6) is 11.5 Å². The lowest BCUT2D eigenvalue weighted by Gasteiger charge is -2.06. The molecule has 0 N–H and O–H groups in total. The smallest absolute Gasteiger partial charge is 0.325 e. The molecule has 0 aliphatic carbocycles. The van der Waals surface area contributed by atoms with Gasteiger partial charge >= 0.3 is 5.97 Å². The van der Waals surface area contributed by atoms with Crippen LogP contribution in [0.4, 0.5) is 0 Å². The average molecular weight is 414 g/mol. The number of aromatic nitrogens is 1. The highest BCUT2D eigenvalue weighted by Gasteiger charge is 2.14. The lowest BCUT2D eigenvalue weighted by atomic mass is 10.1. The number of thiazole rings is 1. The van der Waals surface area contributed by atoms with Gasteiger partial charge < -0.3 is 18.8 Å². The van der Waals surface area contributed by atoms with Gasteiger partial charge in [-0.1, -0.05) is 23.5 Å². The second kappa shape index (κ2) is 8.91. The Bertz CT molecular complexity index is 1130. The van der Waals surface area contributed by atoms with Crippen molar-refractivity contribution in [3.8, 4) is 11.5 Å². The molecule has 3 aromatic rings. The first kappa shape index (κ1) is 20.6. The quantitative estimate of drug-likeness (QED) is 0.580. The van der Waals surface area contributed by atoms with Crippen molar-refractivity contribution in [3.63, 3.8) is 0 Å². The van der Waals surface area contributed by atoms with Gasteiger partial charge in [0, 0.05) is 6.07 Å². The minimum atomic E-state index is -0.452. The predicted molar refractivity (Wildman–Crippen MR) is 110 cm³/mol. The topological polar surface area (TPSA) is 79.1 Å². The molecule has 1 heterocycles. The molecule has 0 atom stereocenters. The number of carbonyl (C=O) groups is 2. The Hall–Kier alpha value is -3.13. The molecule has 7 nitrogen and oxygen atoms in total. The van der Waals surface area contributed by atoms with Gasteiger partial charge in [0.2, 0.25) is 0 Å². The number of amides is 1. The van der Waals surface area contributed by atoms with E-state index in [1.807, 2.05) is 19.9 Å². The average Bonchev–Trinajstić information content (AvgIpc) is 3.03. The first-order chi connectivity index (χ1) is 13.9. The van der Waals surface area contributed by atoms with Crippen LogP contribution in [0.25, 0.3) is 10.2 Å². The third-order valence-electron chi connectivity index (χ3n) is 4.25. The van der Waals surface area contributed by atoms with Crippen LogP contribution in [0.15, 0.2) is 41.4 Å². The van der Waals surface area contributed by atoms with Gasteiger partial charge in [0.1, 0.15) is 18.0 Å². The molecular formula is C21H22N2O5S. The summed E-state index contributed by atoms with van der Waals surface area (Å²) in [6, 6.07) is 11.0. The first-order valence-corrected chi connectivity index (χ1v) is 9.74. The van der Waals surface area contributed by atoms with E-state index in [1.165, 1.54) is 18.4 Å². The SMILES string of the molecule is COC(=O)Cn1c(=NC(=O)COc2cccc(OC)c2)sc2c(C)cc(C)cc21. The van der Waals surface area contributed by atoms with E-state index in [1.54, 1.807) is 35.9 Å². The Morgan fingerprint density at radius 1 is 1.10 bits per heavy atom. The van der Waals surface area contributed by atoms with E-state index in [-0.39, 0.29) is 13.2 Å². The monoisotopic (exact) mass is 414 g/mol. The molecule has 0 radical (unpaired) electrons. The van der Waals surface area contributed by atoms with Gasteiger partial charge in [-0.05, 0) is 43.2 Å². The van der Waals surface area contributed by atoms with Gasteiger partial charge in [0.15, 0.2) is 11.4 Å². The van der Waals surface area contributed by atoms with Gasteiger partial charge in [0.25, 0.3) is 5.91 Å². The van der Waals surface area contributed by atoms with Crippen LogP contribution >= 0.6 is 11.3 Å². The molecule has 152 valence electrons. The number of nitrogens with zero attached hydrogens (tertiary/aromatic N) is 2. The molecule has 0 spiro atoms. The number of benzene rings is 2. The maximum absolute atomic E-state index is 12.4. The zero-order valence-corrected chi connectivity index (χ0v) is 17.5. The van der Waals surface area contributed by atoms with Gasteiger partial charge in [-0.15, -0.1) is 0 Å². The zero-order valence-electron chi connectivity index (χ0n) is 16.7. The molecule has 0 aliphatic heterocycles. The van der Waals surface area contributed by atoms with Gasteiger partial charge in [0.05, 0.1) is 24.4 Å². The molecule has 0 fully saturated rings. The minimum absolute atomic E-state index is 0.0255. The number of rotatable bonds is 6. The summed E-state index contributed by atoms with van der Waals surface area (Å²) in [5.74, 6) is 0.286. The fourth-order valence-corrected chi connectivity index (χ4v) is 4.02. The third kappa shape index (κ3) is 4.83. The van der Waals surface area contributed by atoms with E-state index in [0.29, 0.717) is 16.3 Å². The van der Waals surface area contributed by atoms with Gasteiger partial charge in [-0.2, -0.15) is 4.99 Å². The van der Waals surface area contributed by atoms with Crippen LogP contribution in [-0.2, 0) is 20.9 Å². The highest BCUT2D eigenvalue weighted by Crippen LogP contribution is 2.23. The van der Waals surface area contributed by atoms with Crippen LogP contribution in [0.3, 0.4) is 0 Å². The lowest BCUT2D eigenvalue weighted by Crippen LogP contribution is -2.23. The number of carbonyl (C=O) groups excluding carboxylic acids is 2. The van der Waals surface area contributed by atoms with E-state index in [0.717, 1.165) is 21.3 Å². The largest absolute Gasteiger partial charge is 0.497 e. The fourth-order valence-electron chi connectivity index (χ4n) is 2.92. The molecule has 0 aliphatic rings. The van der Waals surface area contributed by atoms with E-state index in [9.17, 15) is 9.59 Å². The molecule has 0 unspecified atom stereocenters. The van der Waals surface area contributed by atoms with Gasteiger partial charge in [-0.25, -0.2) is 0 Å². The van der Waals surface area contributed by atoms with Crippen LogP contribution in [0, 0.1) is 13.8 Å². The Balaban J connectivity index is 1.93. The molecule has 1 aromatic heterocycles. The van der Waals surface area contributed by atoms with Crippen LogP contribution in [-0.4, -0.2) is 37.3 Å². The van der Waals surface area contributed by atoms with Crippen LogP contribution < -0.4 is 14.3 Å². The van der Waals surface area contributed by atoms with E-state index >= 15 is 0 Å². The number of fused-ring (bicyclic) bond motifs is 1. The summed E-state index contributed by atoms with van der Waals surface area (Å²) in [5.41, 5.74) is 2.97. The minimum Gasteiger partial charge on any atom is -0.497 e. The number of methoxy groups -OCH3 is 2. The number of hydrogen-bond acceptors (Lipinski definition) is 6. The van der Waals surface area contributed by atoms with Crippen molar-refractivity contribution in [2.45, 2.75) is 20.4 Å². The molecule has 8 heteroatoms. The highest BCUT2D eigenvalue weighted by atomic mass is 32.1. The summed E-state index contributed by atoms with van der Waals surface area (Å²) >= 11 is 1.36. The Kier molecular flexibility index (Phi) is 6.33. The van der Waals surface area contributed by atoms with Crippen molar-refractivity contribution in [1.82, 2.24) is 4.57 Å². The zero-order chi connectivity index (χ0) is 21.0. The standard InChI is InChI=1S/C21H22N2O5S/c1-13-8-14(2)20-17(9-13)23(11-19(25)27-4)21(29-20)22-18(24)12-28-16-7-5-6-15(10-16)26-3/h5-10H,11-12H2,1-4H3. The maximum Gasteiger partial charge on any atom is 0.325 e. The third-order valence-corrected chi connectivity index (χ3v) is 5.48. The maximum atomic E-state index is 12.4. The van der Waals surface area contributed by atoms with Crippen molar-refractivity contribution in [1.29, 1.82) is 0 Å². The lowest BCUT2D eigenvalue weighted by molar-refractivity contribution is -0.141. The Morgan fingerprint density at radius 2 is 1.86 bits per heavy atom. The second-order valence-corrected chi connectivity index (χ2v) is 7.43. The highest BCUT2D eigenvalue weighted by molar-refractivity contribution is 7.16. The summed E-state index contributed by atoms with van der Waals surface area (Å²) in [7, 11) is 2.89. The number of hydrogen-bond donors (Lipinski definition) is 0. The summed E-state index contributed by atoms with van der Waals surface area (Å²) in [6.45, 7) is 3.72. The van der Waals surface area contributed by atoms with Crippen molar-refractivity contribution in [2.75, 3.05) is 20.8 Å². The Morgan fingerprint density at radius 3 is 2.59 bits per heavy atom. The molecular weight excluding hydrogens is 392 g/mol. The molecule has 1 amide bonds. The van der Waals surface area contributed by atoms with E-state index < -0.39 is 11.9 Å². The van der Waals surface area contributed by atoms with E-state index in [2.05, 4.69) is 11.1 Å². The number of aryl methyl sites for hydroxylation is 2. The van der Waals surface area contributed by atoms with Crippen molar-refractivity contribution in [2.24, 2.45) is 4.99 Å². The Labute approximate surface area is 172 Å². The predicted octanol–water partition coefficient (Wildman–Crippen LogP) is 3.01. The molecule has 2 aromatic carbocycles. The molecule has 0 saturated carbocycles. The number of ether oxygens (including phenoxy) is 3. The fraction of sp³-hybridized carbons (Fsp3) is 0.286. The first-order valence-electron chi connectivity index (χ1n) is 8.93. The summed E-state index contributed by atoms with van der Waals surface area (Å²) in [6.07, 6.45) is 0. The summed E-state index contributed by atoms with van der Waals surface area (Å²) in [5, 5.41) is 0. The normalized spacial score (nSPS) is 11.5. The molecule has 3 rings (SSSR count).